The minimum absolute atomic E-state index is 0.0136. The fourth-order valence-electron chi connectivity index (χ4n) is 3.68. The van der Waals surface area contributed by atoms with Crippen LogP contribution in [0.4, 0.5) is 0 Å². The van der Waals surface area contributed by atoms with Crippen LogP contribution in [0.5, 0.6) is 0 Å². The molecule has 1 aromatic rings. The van der Waals surface area contributed by atoms with Crippen molar-refractivity contribution in [3.63, 3.8) is 0 Å². The zero-order chi connectivity index (χ0) is 22.2. The Balaban J connectivity index is 3.74. The maximum absolute atomic E-state index is 13.0. The van der Waals surface area contributed by atoms with E-state index in [4.69, 9.17) is 5.84 Å². The molecule has 1 rings (SSSR count). The van der Waals surface area contributed by atoms with Crippen molar-refractivity contribution in [3.8, 4) is 0 Å². The predicted octanol–water partition coefficient (Wildman–Crippen LogP) is 1.67. The molecule has 5 N–H and O–H groups in total. The van der Waals surface area contributed by atoms with Gasteiger partial charge in [0, 0.05) is 6.26 Å². The highest BCUT2D eigenvalue weighted by Crippen LogP contribution is 2.40. The highest BCUT2D eigenvalue weighted by Gasteiger charge is 2.53. The second kappa shape index (κ2) is 10.5. The number of rotatable bonds is 10. The van der Waals surface area contributed by atoms with Crippen molar-refractivity contribution >= 4 is 27.7 Å². The molecule has 0 saturated heterocycles. The molecule has 1 unspecified atom stereocenters. The smallest absolute Gasteiger partial charge is 0.249 e. The molecule has 0 spiro atoms. The van der Waals surface area contributed by atoms with Gasteiger partial charge >= 0.3 is 0 Å². The van der Waals surface area contributed by atoms with Crippen LogP contribution >= 0.6 is 0 Å². The summed E-state index contributed by atoms with van der Waals surface area (Å²) in [7, 11) is -3.90. The third-order valence-corrected chi connectivity index (χ3v) is 7.19. The molecule has 0 radical (unpaired) electrons. The average molecular weight is 426 g/mol. The number of hydrazine groups is 1. The van der Waals surface area contributed by atoms with Crippen molar-refractivity contribution in [3.05, 3.63) is 42.0 Å². The number of carbonyl (C=O) groups excluding carboxylic acids is 2. The van der Waals surface area contributed by atoms with Crippen LogP contribution in [0.15, 0.2) is 36.4 Å². The Morgan fingerprint density at radius 2 is 1.79 bits per heavy atom. The number of carbonyl (C=O) groups is 2. The van der Waals surface area contributed by atoms with E-state index >= 15 is 0 Å². The molecule has 0 aliphatic carbocycles. The molecule has 8 nitrogen and oxygen atoms in total. The molecule has 162 valence electrons. The zero-order valence-corrected chi connectivity index (χ0v) is 18.1. The first-order valence-electron chi connectivity index (χ1n) is 9.42. The summed E-state index contributed by atoms with van der Waals surface area (Å²) >= 11 is 0. The second-order valence-electron chi connectivity index (χ2n) is 7.52. The van der Waals surface area contributed by atoms with E-state index in [1.807, 2.05) is 25.3 Å². The van der Waals surface area contributed by atoms with Gasteiger partial charge in [-0.25, -0.2) is 19.7 Å². The van der Waals surface area contributed by atoms with Crippen LogP contribution in [0.3, 0.4) is 0 Å². The third kappa shape index (κ3) is 5.88. The van der Waals surface area contributed by atoms with Crippen LogP contribution in [0.25, 0.3) is 6.08 Å². The highest BCUT2D eigenvalue weighted by atomic mass is 32.2. The predicted molar refractivity (Wildman–Crippen MR) is 112 cm³/mol. The summed E-state index contributed by atoms with van der Waals surface area (Å²) in [5, 5.41) is 9.37. The van der Waals surface area contributed by atoms with Gasteiger partial charge in [-0.3, -0.25) is 20.2 Å². The van der Waals surface area contributed by atoms with Gasteiger partial charge in [-0.1, -0.05) is 63.3 Å². The summed E-state index contributed by atoms with van der Waals surface area (Å²) in [5.74, 6) is 1.22. The van der Waals surface area contributed by atoms with Gasteiger partial charge in [0.25, 0.3) is 0 Å². The van der Waals surface area contributed by atoms with Gasteiger partial charge in [-0.15, -0.1) is 0 Å². The van der Waals surface area contributed by atoms with Gasteiger partial charge in [0.2, 0.25) is 11.8 Å². The molecule has 0 saturated carbocycles. The van der Waals surface area contributed by atoms with Crippen molar-refractivity contribution in [2.24, 2.45) is 23.6 Å². The van der Waals surface area contributed by atoms with Crippen molar-refractivity contribution in [1.29, 1.82) is 0 Å². The molecule has 0 fully saturated rings. The average Bonchev–Trinajstić information content (AvgIpc) is 2.68. The first kappa shape index (κ1) is 24.8. The zero-order valence-electron chi connectivity index (χ0n) is 17.3. The number of hydrogen-bond donors (Lipinski definition) is 4. The molecule has 2 amide bonds. The summed E-state index contributed by atoms with van der Waals surface area (Å²) < 4.78 is 24.3. The summed E-state index contributed by atoms with van der Waals surface area (Å²) in [4.78, 5) is 25.3. The molecule has 0 aliphatic rings. The molecule has 0 bridgehead atoms. The van der Waals surface area contributed by atoms with Gasteiger partial charge in [0.15, 0.2) is 9.84 Å². The Labute approximate surface area is 172 Å². The van der Waals surface area contributed by atoms with E-state index in [0.29, 0.717) is 0 Å². The molecular formula is C20H31N3O5S. The number of sulfone groups is 1. The van der Waals surface area contributed by atoms with E-state index in [1.54, 1.807) is 42.7 Å². The lowest BCUT2D eigenvalue weighted by Gasteiger charge is -2.39. The van der Waals surface area contributed by atoms with Gasteiger partial charge in [0.05, 0.1) is 11.8 Å². The van der Waals surface area contributed by atoms with Gasteiger partial charge in [0.1, 0.15) is 4.75 Å². The van der Waals surface area contributed by atoms with Crippen LogP contribution in [-0.2, 0) is 19.4 Å². The number of nitrogens with one attached hydrogen (secondary N) is 2. The monoisotopic (exact) mass is 425 g/mol. The van der Waals surface area contributed by atoms with E-state index < -0.39 is 38.2 Å². The lowest BCUT2D eigenvalue weighted by molar-refractivity contribution is -0.142. The normalized spacial score (nSPS) is 16.2. The number of benzene rings is 1. The van der Waals surface area contributed by atoms with Crippen LogP contribution in [-0.4, -0.2) is 36.4 Å². The molecule has 0 aromatic heterocycles. The fourth-order valence-corrected chi connectivity index (χ4v) is 5.26. The van der Waals surface area contributed by atoms with E-state index in [-0.39, 0.29) is 18.8 Å². The quantitative estimate of drug-likeness (QED) is 0.195. The standard InChI is InChI=1S/C20H31N3O5S/c1-5-20(29(4,27)28,12-11-15-9-7-6-8-10-15)17(19(25)23-26)16(13-14(2)3)18(24)22-21/h6-12,14,16-17,26H,5,13,21H2,1-4H3,(H,22,24)(H,23,25)/b12-11+/t16-,17+,20?/m1/s1. The maximum Gasteiger partial charge on any atom is 0.249 e. The highest BCUT2D eigenvalue weighted by molar-refractivity contribution is 7.92. The molecule has 29 heavy (non-hydrogen) atoms. The summed E-state index contributed by atoms with van der Waals surface area (Å²) in [6, 6.07) is 9.01. The van der Waals surface area contributed by atoms with Gasteiger partial charge in [-0.2, -0.15) is 0 Å². The van der Waals surface area contributed by atoms with Crippen molar-refractivity contribution in [2.45, 2.75) is 38.4 Å². The Hall–Kier alpha value is -2.23. The fraction of sp³-hybridized carbons (Fsp3) is 0.500. The summed E-state index contributed by atoms with van der Waals surface area (Å²) in [6.07, 6.45) is 4.29. The minimum atomic E-state index is -3.90. The van der Waals surface area contributed by atoms with Crippen molar-refractivity contribution in [2.75, 3.05) is 6.26 Å². The summed E-state index contributed by atoms with van der Waals surface area (Å²) in [5.41, 5.74) is 4.32. The first-order valence-corrected chi connectivity index (χ1v) is 11.3. The van der Waals surface area contributed by atoms with Crippen LogP contribution in [0, 0.1) is 17.8 Å². The number of hydroxylamine groups is 1. The second-order valence-corrected chi connectivity index (χ2v) is 9.83. The molecule has 0 heterocycles. The minimum Gasteiger partial charge on any atom is -0.294 e. The molecule has 3 atom stereocenters. The Bertz CT molecular complexity index is 824. The van der Waals surface area contributed by atoms with Gasteiger partial charge in [-0.05, 0) is 24.3 Å². The largest absolute Gasteiger partial charge is 0.294 e. The van der Waals surface area contributed by atoms with Crippen LogP contribution in [0.1, 0.15) is 39.2 Å². The maximum atomic E-state index is 13.0. The lowest BCUT2D eigenvalue weighted by atomic mass is 9.74. The lowest BCUT2D eigenvalue weighted by Crippen LogP contribution is -2.56. The summed E-state index contributed by atoms with van der Waals surface area (Å²) in [6.45, 7) is 5.32. The topological polar surface area (TPSA) is 139 Å². The van der Waals surface area contributed by atoms with Crippen molar-refractivity contribution in [1.82, 2.24) is 10.9 Å². The Morgan fingerprint density at radius 3 is 2.21 bits per heavy atom. The van der Waals surface area contributed by atoms with Crippen molar-refractivity contribution < 1.29 is 23.2 Å². The van der Waals surface area contributed by atoms with E-state index in [2.05, 4.69) is 0 Å². The Morgan fingerprint density at radius 1 is 1.21 bits per heavy atom. The number of amides is 2. The van der Waals surface area contributed by atoms with E-state index in [0.717, 1.165) is 11.8 Å². The SMILES string of the molecule is CCC(/C=C/c1ccccc1)([C@H](C(=O)NO)[C@@H](CC(C)C)C(=O)NN)S(C)(=O)=O. The number of nitrogens with two attached hydrogens (primary N) is 1. The number of hydrogen-bond acceptors (Lipinski definition) is 6. The third-order valence-electron chi connectivity index (χ3n) is 5.13. The van der Waals surface area contributed by atoms with Gasteiger partial charge < -0.3 is 0 Å². The molecular weight excluding hydrogens is 394 g/mol. The molecule has 0 aliphatic heterocycles. The molecule has 1 aromatic carbocycles. The Kier molecular flexibility index (Phi) is 9.00. The molecule has 9 heteroatoms. The van der Waals surface area contributed by atoms with Crippen LogP contribution in [0.2, 0.25) is 0 Å². The first-order chi connectivity index (χ1) is 13.5. The van der Waals surface area contributed by atoms with E-state index in [1.165, 1.54) is 6.08 Å². The van der Waals surface area contributed by atoms with E-state index in [9.17, 15) is 23.2 Å². The van der Waals surface area contributed by atoms with Crippen LogP contribution < -0.4 is 16.7 Å².